The average Bonchev–Trinajstić information content (AvgIpc) is 2.62. The van der Waals surface area contributed by atoms with Gasteiger partial charge in [-0.1, -0.05) is 113 Å². The van der Waals surface area contributed by atoms with Gasteiger partial charge >= 0.3 is 0 Å². The topological polar surface area (TPSA) is 0 Å². The van der Waals surface area contributed by atoms with E-state index < -0.39 is 8.80 Å². The molecule has 0 nitrogen and oxygen atoms in total. The Kier molecular flexibility index (Phi) is 5.44. The molecule has 0 aliphatic carbocycles. The predicted molar refractivity (Wildman–Crippen MR) is 104 cm³/mol. The van der Waals surface area contributed by atoms with E-state index in [0.29, 0.717) is 0 Å². The molecule has 0 saturated carbocycles. The third-order valence-electron chi connectivity index (χ3n) is 4.48. The lowest BCUT2D eigenvalue weighted by molar-refractivity contribution is 0.912. The Morgan fingerprint density at radius 3 is 1.70 bits per heavy atom. The van der Waals surface area contributed by atoms with Crippen molar-refractivity contribution in [3.8, 4) is 0 Å². The summed E-state index contributed by atoms with van der Waals surface area (Å²) < 4.78 is 0. The first-order valence-corrected chi connectivity index (χ1v) is 10.5. The lowest BCUT2D eigenvalue weighted by Crippen LogP contribution is -2.41. The van der Waals surface area contributed by atoms with E-state index in [2.05, 4.69) is 91.9 Å². The Labute approximate surface area is 141 Å². The SMILES string of the molecule is Cc1ccc(CCC[SiH](c2ccccc2)c2ccccc2)cc1. The van der Waals surface area contributed by atoms with Crippen LogP contribution in [-0.2, 0) is 6.42 Å². The van der Waals surface area contributed by atoms with E-state index in [0.717, 1.165) is 0 Å². The highest BCUT2D eigenvalue weighted by atomic mass is 28.3. The van der Waals surface area contributed by atoms with Crippen molar-refractivity contribution in [3.05, 3.63) is 96.1 Å². The monoisotopic (exact) mass is 316 g/mol. The summed E-state index contributed by atoms with van der Waals surface area (Å²) in [6.07, 6.45) is 2.45. The van der Waals surface area contributed by atoms with E-state index in [1.807, 2.05) is 0 Å². The maximum atomic E-state index is 2.32. The minimum Gasteiger partial charge on any atom is -0.0629 e. The lowest BCUT2D eigenvalue weighted by atomic mass is 10.1. The quantitative estimate of drug-likeness (QED) is 0.604. The van der Waals surface area contributed by atoms with Gasteiger partial charge in [-0.25, -0.2) is 0 Å². The molecule has 3 aromatic carbocycles. The van der Waals surface area contributed by atoms with Gasteiger partial charge in [-0.3, -0.25) is 0 Å². The van der Waals surface area contributed by atoms with E-state index in [9.17, 15) is 0 Å². The molecule has 0 aliphatic rings. The zero-order valence-corrected chi connectivity index (χ0v) is 14.9. The van der Waals surface area contributed by atoms with E-state index >= 15 is 0 Å². The van der Waals surface area contributed by atoms with Crippen LogP contribution >= 0.6 is 0 Å². The Hall–Kier alpha value is -2.12. The fraction of sp³-hybridized carbons (Fsp3) is 0.182. The molecule has 0 aromatic heterocycles. The van der Waals surface area contributed by atoms with Crippen molar-refractivity contribution in [2.24, 2.45) is 0 Å². The molecule has 0 N–H and O–H groups in total. The summed E-state index contributed by atoms with van der Waals surface area (Å²) in [5.41, 5.74) is 2.80. The van der Waals surface area contributed by atoms with Crippen LogP contribution in [0.15, 0.2) is 84.9 Å². The zero-order chi connectivity index (χ0) is 15.9. The van der Waals surface area contributed by atoms with Gasteiger partial charge in [-0.2, -0.15) is 0 Å². The third-order valence-corrected chi connectivity index (χ3v) is 7.85. The van der Waals surface area contributed by atoms with Gasteiger partial charge in [0.25, 0.3) is 0 Å². The second kappa shape index (κ2) is 7.93. The van der Waals surface area contributed by atoms with Crippen molar-refractivity contribution in [1.82, 2.24) is 0 Å². The third kappa shape index (κ3) is 4.43. The molecule has 23 heavy (non-hydrogen) atoms. The maximum absolute atomic E-state index is 2.32. The van der Waals surface area contributed by atoms with Gasteiger partial charge in [-0.15, -0.1) is 0 Å². The molecular formula is C22H24Si. The van der Waals surface area contributed by atoms with Crippen LogP contribution in [-0.4, -0.2) is 8.80 Å². The largest absolute Gasteiger partial charge is 0.103 e. The fourth-order valence-corrected chi connectivity index (χ4v) is 6.20. The first kappa shape index (κ1) is 15.8. The minimum atomic E-state index is -1.10. The summed E-state index contributed by atoms with van der Waals surface area (Å²) in [4.78, 5) is 0. The van der Waals surface area contributed by atoms with Gasteiger partial charge in [-0.05, 0) is 18.9 Å². The second-order valence-electron chi connectivity index (χ2n) is 6.25. The molecule has 0 spiro atoms. The molecule has 0 radical (unpaired) electrons. The maximum Gasteiger partial charge on any atom is 0.103 e. The molecule has 0 unspecified atom stereocenters. The summed E-state index contributed by atoms with van der Waals surface area (Å²) in [7, 11) is -1.10. The van der Waals surface area contributed by atoms with E-state index in [1.165, 1.54) is 30.0 Å². The van der Waals surface area contributed by atoms with Gasteiger partial charge in [0.15, 0.2) is 0 Å². The highest BCUT2D eigenvalue weighted by Gasteiger charge is 2.15. The van der Waals surface area contributed by atoms with Crippen molar-refractivity contribution in [2.75, 3.05) is 0 Å². The Morgan fingerprint density at radius 2 is 1.17 bits per heavy atom. The molecule has 1 heteroatoms. The highest BCUT2D eigenvalue weighted by molar-refractivity contribution is 6.85. The van der Waals surface area contributed by atoms with Crippen LogP contribution in [0.2, 0.25) is 6.04 Å². The van der Waals surface area contributed by atoms with Crippen molar-refractivity contribution in [2.45, 2.75) is 25.8 Å². The van der Waals surface area contributed by atoms with Crippen LogP contribution in [0.1, 0.15) is 17.5 Å². The lowest BCUT2D eigenvalue weighted by Gasteiger charge is -2.16. The number of aryl methyl sites for hydroxylation is 2. The van der Waals surface area contributed by atoms with Crippen LogP contribution < -0.4 is 10.4 Å². The van der Waals surface area contributed by atoms with E-state index in [-0.39, 0.29) is 0 Å². The molecule has 0 saturated heterocycles. The standard InChI is InChI=1S/C22H24Si/c1-19-14-16-20(17-15-19)9-8-18-23(21-10-4-2-5-11-21)22-12-6-3-7-13-22/h2-7,10-17,23H,8-9,18H2,1H3. The fourth-order valence-electron chi connectivity index (χ4n) is 3.16. The average molecular weight is 317 g/mol. The van der Waals surface area contributed by atoms with Crippen molar-refractivity contribution < 1.29 is 0 Å². The van der Waals surface area contributed by atoms with Gasteiger partial charge in [0.05, 0.1) is 0 Å². The molecule has 3 rings (SSSR count). The predicted octanol–water partition coefficient (Wildman–Crippen LogP) is 3.97. The summed E-state index contributed by atoms with van der Waals surface area (Å²) >= 11 is 0. The zero-order valence-electron chi connectivity index (χ0n) is 13.8. The first-order chi connectivity index (χ1) is 11.3. The van der Waals surface area contributed by atoms with Crippen LogP contribution in [0.3, 0.4) is 0 Å². The molecular weight excluding hydrogens is 292 g/mol. The van der Waals surface area contributed by atoms with Crippen molar-refractivity contribution >= 4 is 19.2 Å². The van der Waals surface area contributed by atoms with E-state index in [4.69, 9.17) is 0 Å². The minimum absolute atomic E-state index is 1.10. The van der Waals surface area contributed by atoms with Gasteiger partial charge in [0, 0.05) is 0 Å². The summed E-state index contributed by atoms with van der Waals surface area (Å²) in [5, 5.41) is 3.12. The van der Waals surface area contributed by atoms with Gasteiger partial charge in [0.1, 0.15) is 8.80 Å². The molecule has 3 aromatic rings. The molecule has 116 valence electrons. The van der Waals surface area contributed by atoms with E-state index in [1.54, 1.807) is 10.4 Å². The molecule has 0 bridgehead atoms. The number of hydrogen-bond acceptors (Lipinski definition) is 0. The van der Waals surface area contributed by atoms with Gasteiger partial charge in [0.2, 0.25) is 0 Å². The number of hydrogen-bond donors (Lipinski definition) is 0. The Morgan fingerprint density at radius 1 is 0.652 bits per heavy atom. The molecule has 0 amide bonds. The normalized spacial score (nSPS) is 10.9. The Balaban J connectivity index is 1.71. The number of rotatable bonds is 6. The molecule has 0 heterocycles. The summed E-state index contributed by atoms with van der Waals surface area (Å²) in [6, 6.07) is 32.5. The first-order valence-electron chi connectivity index (χ1n) is 8.48. The van der Waals surface area contributed by atoms with Crippen LogP contribution in [0.4, 0.5) is 0 Å². The van der Waals surface area contributed by atoms with Crippen molar-refractivity contribution in [3.63, 3.8) is 0 Å². The van der Waals surface area contributed by atoms with Crippen molar-refractivity contribution in [1.29, 1.82) is 0 Å². The van der Waals surface area contributed by atoms with Crippen LogP contribution in [0, 0.1) is 6.92 Å². The molecule has 0 atom stereocenters. The van der Waals surface area contributed by atoms with Crippen LogP contribution in [0.5, 0.6) is 0 Å². The number of benzene rings is 3. The smallest absolute Gasteiger partial charge is 0.0629 e. The Bertz CT molecular complexity index is 662. The summed E-state index contributed by atoms with van der Waals surface area (Å²) in [6.45, 7) is 2.15. The highest BCUT2D eigenvalue weighted by Crippen LogP contribution is 2.09. The second-order valence-corrected chi connectivity index (χ2v) is 9.27. The van der Waals surface area contributed by atoms with Gasteiger partial charge < -0.3 is 0 Å². The molecule has 0 fully saturated rings. The van der Waals surface area contributed by atoms with Crippen LogP contribution in [0.25, 0.3) is 0 Å². The summed E-state index contributed by atoms with van der Waals surface area (Å²) in [5.74, 6) is 0. The molecule has 0 aliphatic heterocycles.